The number of rotatable bonds is 5. The van der Waals surface area contributed by atoms with Crippen LogP contribution in [-0.4, -0.2) is 42.9 Å². The molecular weight excluding hydrogens is 348 g/mol. The molecule has 1 spiro atoms. The molecule has 1 saturated carbocycles. The summed E-state index contributed by atoms with van der Waals surface area (Å²) in [5.74, 6) is 0.912. The maximum atomic E-state index is 12.2. The van der Waals surface area contributed by atoms with Crippen LogP contribution >= 0.6 is 11.6 Å². The summed E-state index contributed by atoms with van der Waals surface area (Å²) in [6.07, 6.45) is 5.70. The first-order valence-electron chi connectivity index (χ1n) is 9.61. The van der Waals surface area contributed by atoms with Gasteiger partial charge in [-0.15, -0.1) is 0 Å². The fourth-order valence-electron chi connectivity index (χ4n) is 3.85. The fraction of sp³-hybridized carbons (Fsp3) is 0.600. The van der Waals surface area contributed by atoms with Gasteiger partial charge in [-0.3, -0.25) is 9.79 Å². The Bertz CT molecular complexity index is 684. The SMILES string of the molecule is CCNC(=NCCC(=O)Nc1cccc(Cl)c1C)N1CCC2(CCC2)C1. The first kappa shape index (κ1) is 19.0. The lowest BCUT2D eigenvalue weighted by atomic mass is 9.68. The number of hydrogen-bond donors (Lipinski definition) is 2. The molecule has 1 amide bonds. The van der Waals surface area contributed by atoms with Gasteiger partial charge in [-0.1, -0.05) is 24.1 Å². The van der Waals surface area contributed by atoms with E-state index in [1.54, 1.807) is 0 Å². The summed E-state index contributed by atoms with van der Waals surface area (Å²) in [6.45, 7) is 7.49. The van der Waals surface area contributed by atoms with Gasteiger partial charge in [-0.25, -0.2) is 0 Å². The van der Waals surface area contributed by atoms with Crippen LogP contribution in [0.15, 0.2) is 23.2 Å². The van der Waals surface area contributed by atoms with Crippen molar-refractivity contribution in [2.24, 2.45) is 10.4 Å². The van der Waals surface area contributed by atoms with E-state index in [2.05, 4.69) is 27.4 Å². The number of guanidine groups is 1. The van der Waals surface area contributed by atoms with E-state index >= 15 is 0 Å². The first-order chi connectivity index (χ1) is 12.5. The highest BCUT2D eigenvalue weighted by molar-refractivity contribution is 6.31. The van der Waals surface area contributed by atoms with E-state index in [4.69, 9.17) is 11.6 Å². The molecule has 1 heterocycles. The number of nitrogens with zero attached hydrogens (tertiary/aromatic N) is 2. The second-order valence-electron chi connectivity index (χ2n) is 7.47. The number of aliphatic imine (C=N–C) groups is 1. The molecule has 1 aromatic rings. The van der Waals surface area contributed by atoms with Crippen LogP contribution in [0, 0.1) is 12.3 Å². The predicted molar refractivity (Wildman–Crippen MR) is 108 cm³/mol. The molecular formula is C20H29ClN4O. The van der Waals surface area contributed by atoms with Crippen LogP contribution in [0.3, 0.4) is 0 Å². The maximum Gasteiger partial charge on any atom is 0.226 e. The molecule has 0 bridgehead atoms. The average molecular weight is 377 g/mol. The van der Waals surface area contributed by atoms with Crippen molar-refractivity contribution < 1.29 is 4.79 Å². The van der Waals surface area contributed by atoms with Crippen LogP contribution in [0.5, 0.6) is 0 Å². The van der Waals surface area contributed by atoms with Gasteiger partial charge < -0.3 is 15.5 Å². The highest BCUT2D eigenvalue weighted by Crippen LogP contribution is 2.47. The minimum Gasteiger partial charge on any atom is -0.357 e. The van der Waals surface area contributed by atoms with Gasteiger partial charge in [0.15, 0.2) is 5.96 Å². The summed E-state index contributed by atoms with van der Waals surface area (Å²) < 4.78 is 0. The van der Waals surface area contributed by atoms with Crippen LogP contribution < -0.4 is 10.6 Å². The minimum absolute atomic E-state index is 0.0353. The van der Waals surface area contributed by atoms with Crippen molar-refractivity contribution in [1.29, 1.82) is 0 Å². The summed E-state index contributed by atoms with van der Waals surface area (Å²) in [4.78, 5) is 19.3. The van der Waals surface area contributed by atoms with Crippen molar-refractivity contribution >= 4 is 29.2 Å². The van der Waals surface area contributed by atoms with Crippen LogP contribution in [-0.2, 0) is 4.79 Å². The Labute approximate surface area is 161 Å². The van der Waals surface area contributed by atoms with Gasteiger partial charge >= 0.3 is 0 Å². The second-order valence-corrected chi connectivity index (χ2v) is 7.88. The molecule has 0 radical (unpaired) electrons. The van der Waals surface area contributed by atoms with Gasteiger partial charge in [-0.05, 0) is 56.2 Å². The maximum absolute atomic E-state index is 12.2. The summed E-state index contributed by atoms with van der Waals surface area (Å²) in [6, 6.07) is 5.54. The Balaban J connectivity index is 1.53. The number of likely N-dealkylation sites (tertiary alicyclic amines) is 1. The van der Waals surface area contributed by atoms with E-state index in [1.807, 2.05) is 25.1 Å². The molecule has 142 valence electrons. The van der Waals surface area contributed by atoms with Crippen molar-refractivity contribution in [2.75, 3.05) is 31.5 Å². The monoisotopic (exact) mass is 376 g/mol. The van der Waals surface area contributed by atoms with E-state index < -0.39 is 0 Å². The van der Waals surface area contributed by atoms with Gasteiger partial charge in [0.1, 0.15) is 0 Å². The molecule has 3 rings (SSSR count). The number of carbonyl (C=O) groups excluding carboxylic acids is 1. The molecule has 6 heteroatoms. The summed E-state index contributed by atoms with van der Waals surface area (Å²) in [7, 11) is 0. The highest BCUT2D eigenvalue weighted by atomic mass is 35.5. The van der Waals surface area contributed by atoms with Gasteiger partial charge in [0.25, 0.3) is 0 Å². The van der Waals surface area contributed by atoms with Gasteiger partial charge in [0, 0.05) is 36.8 Å². The Hall–Kier alpha value is -1.75. The third-order valence-corrected chi connectivity index (χ3v) is 6.04. The first-order valence-corrected chi connectivity index (χ1v) is 9.99. The quantitative estimate of drug-likeness (QED) is 0.606. The topological polar surface area (TPSA) is 56.7 Å². The van der Waals surface area contributed by atoms with Crippen LogP contribution in [0.25, 0.3) is 0 Å². The summed E-state index contributed by atoms with van der Waals surface area (Å²) in [5.41, 5.74) is 2.20. The lowest BCUT2D eigenvalue weighted by Gasteiger charge is -2.38. The normalized spacial score (nSPS) is 18.7. The third kappa shape index (κ3) is 4.32. The molecule has 0 aromatic heterocycles. The fourth-order valence-corrected chi connectivity index (χ4v) is 4.02. The van der Waals surface area contributed by atoms with E-state index in [0.717, 1.165) is 36.8 Å². The third-order valence-electron chi connectivity index (χ3n) is 5.63. The minimum atomic E-state index is -0.0353. The standard InChI is InChI=1S/C20H29ClN4O/c1-3-22-19(25-13-11-20(14-25)9-5-10-20)23-12-8-18(26)24-17-7-4-6-16(21)15(17)2/h4,6-7H,3,5,8-14H2,1-2H3,(H,22,23)(H,24,26). The molecule has 26 heavy (non-hydrogen) atoms. The molecule has 2 fully saturated rings. The number of anilines is 1. The average Bonchev–Trinajstić information content (AvgIpc) is 3.04. The molecule has 5 nitrogen and oxygen atoms in total. The predicted octanol–water partition coefficient (Wildman–Crippen LogP) is 3.82. The zero-order chi connectivity index (χ0) is 18.6. The van der Waals surface area contributed by atoms with Gasteiger partial charge in [0.2, 0.25) is 5.91 Å². The molecule has 1 aromatic carbocycles. The zero-order valence-corrected chi connectivity index (χ0v) is 16.5. The summed E-state index contributed by atoms with van der Waals surface area (Å²) >= 11 is 6.10. The number of carbonyl (C=O) groups is 1. The smallest absolute Gasteiger partial charge is 0.226 e. The van der Waals surface area contributed by atoms with E-state index in [0.29, 0.717) is 23.4 Å². The van der Waals surface area contributed by atoms with E-state index in [1.165, 1.54) is 25.7 Å². The van der Waals surface area contributed by atoms with Crippen LogP contribution in [0.4, 0.5) is 5.69 Å². The number of halogens is 1. The molecule has 1 aliphatic carbocycles. The van der Waals surface area contributed by atoms with Gasteiger partial charge in [0.05, 0.1) is 6.54 Å². The Kier molecular flexibility index (Phi) is 6.07. The number of nitrogens with one attached hydrogen (secondary N) is 2. The van der Waals surface area contributed by atoms with Crippen molar-refractivity contribution in [2.45, 2.75) is 46.0 Å². The van der Waals surface area contributed by atoms with E-state index in [9.17, 15) is 4.79 Å². The van der Waals surface area contributed by atoms with Crippen LogP contribution in [0.1, 0.15) is 44.6 Å². The van der Waals surface area contributed by atoms with Crippen molar-refractivity contribution in [1.82, 2.24) is 10.2 Å². The Morgan fingerprint density at radius 2 is 2.15 bits per heavy atom. The van der Waals surface area contributed by atoms with Crippen molar-refractivity contribution in [3.05, 3.63) is 28.8 Å². The molecule has 0 unspecified atom stereocenters. The largest absolute Gasteiger partial charge is 0.357 e. The molecule has 2 N–H and O–H groups in total. The van der Waals surface area contributed by atoms with E-state index in [-0.39, 0.29) is 5.91 Å². The Morgan fingerprint density at radius 3 is 2.81 bits per heavy atom. The number of hydrogen-bond acceptors (Lipinski definition) is 2. The Morgan fingerprint density at radius 1 is 1.35 bits per heavy atom. The highest BCUT2D eigenvalue weighted by Gasteiger charge is 2.43. The number of amides is 1. The molecule has 0 atom stereocenters. The van der Waals surface area contributed by atoms with Crippen LogP contribution in [0.2, 0.25) is 5.02 Å². The van der Waals surface area contributed by atoms with Crippen molar-refractivity contribution in [3.8, 4) is 0 Å². The lowest BCUT2D eigenvalue weighted by Crippen LogP contribution is -2.42. The lowest BCUT2D eigenvalue weighted by molar-refractivity contribution is -0.116. The zero-order valence-electron chi connectivity index (χ0n) is 15.8. The number of benzene rings is 1. The summed E-state index contributed by atoms with van der Waals surface area (Å²) in [5, 5.41) is 6.97. The van der Waals surface area contributed by atoms with Gasteiger partial charge in [-0.2, -0.15) is 0 Å². The molecule has 1 saturated heterocycles. The second kappa shape index (κ2) is 8.30. The molecule has 2 aliphatic rings. The molecule has 1 aliphatic heterocycles. The van der Waals surface area contributed by atoms with Crippen molar-refractivity contribution in [3.63, 3.8) is 0 Å².